The molecule has 6 nitrogen and oxygen atoms in total. The van der Waals surface area contributed by atoms with Crippen LogP contribution in [0.15, 0.2) is 15.5 Å². The molecule has 0 saturated carbocycles. The summed E-state index contributed by atoms with van der Waals surface area (Å²) in [6.07, 6.45) is 2.62. The van der Waals surface area contributed by atoms with Crippen molar-refractivity contribution in [3.8, 4) is 0 Å². The zero-order valence-corrected chi connectivity index (χ0v) is 13.4. The standard InChI is InChI=1S/C13H22BrN5O/c1-2-6-19-13(20)12(14)11(10-17-19)16-5-9-18-7-3-15-4-8-18/h10,15-16H,2-9H2,1H3. The van der Waals surface area contributed by atoms with E-state index in [2.05, 4.69) is 36.6 Å². The fourth-order valence-electron chi connectivity index (χ4n) is 2.24. The molecule has 0 radical (unpaired) electrons. The fourth-order valence-corrected chi connectivity index (χ4v) is 2.69. The van der Waals surface area contributed by atoms with Gasteiger partial charge in [0.05, 0.1) is 11.9 Å². The van der Waals surface area contributed by atoms with Crippen LogP contribution in [0.3, 0.4) is 0 Å². The Bertz CT molecular complexity index is 484. The predicted octanol–water partition coefficient (Wildman–Crippen LogP) is 0.733. The zero-order chi connectivity index (χ0) is 14.4. The quantitative estimate of drug-likeness (QED) is 0.797. The van der Waals surface area contributed by atoms with E-state index in [1.165, 1.54) is 4.68 Å². The molecular formula is C13H22BrN5O. The van der Waals surface area contributed by atoms with Crippen molar-refractivity contribution in [2.45, 2.75) is 19.9 Å². The summed E-state index contributed by atoms with van der Waals surface area (Å²) in [5.74, 6) is 0. The second-order valence-electron chi connectivity index (χ2n) is 4.92. The minimum atomic E-state index is -0.0703. The van der Waals surface area contributed by atoms with Crippen molar-refractivity contribution in [2.75, 3.05) is 44.6 Å². The van der Waals surface area contributed by atoms with Crippen molar-refractivity contribution >= 4 is 21.6 Å². The largest absolute Gasteiger partial charge is 0.381 e. The Hall–Kier alpha value is -0.920. The summed E-state index contributed by atoms with van der Waals surface area (Å²) < 4.78 is 2.06. The Balaban J connectivity index is 1.89. The number of halogens is 1. The maximum atomic E-state index is 12.0. The van der Waals surface area contributed by atoms with E-state index in [0.29, 0.717) is 11.0 Å². The first-order chi connectivity index (χ1) is 9.72. The SMILES string of the molecule is CCCn1ncc(NCCN2CCNCC2)c(Br)c1=O. The van der Waals surface area contributed by atoms with Crippen LogP contribution in [-0.4, -0.2) is 53.9 Å². The molecule has 1 saturated heterocycles. The van der Waals surface area contributed by atoms with Crippen molar-refractivity contribution in [3.63, 3.8) is 0 Å². The number of anilines is 1. The van der Waals surface area contributed by atoms with Crippen LogP contribution in [0.2, 0.25) is 0 Å². The monoisotopic (exact) mass is 343 g/mol. The van der Waals surface area contributed by atoms with Crippen molar-refractivity contribution in [2.24, 2.45) is 0 Å². The van der Waals surface area contributed by atoms with Gasteiger partial charge in [-0.05, 0) is 22.4 Å². The molecule has 2 heterocycles. The third-order valence-electron chi connectivity index (χ3n) is 3.37. The van der Waals surface area contributed by atoms with Crippen molar-refractivity contribution in [1.82, 2.24) is 20.0 Å². The van der Waals surface area contributed by atoms with Crippen LogP contribution in [0.25, 0.3) is 0 Å². The highest BCUT2D eigenvalue weighted by Gasteiger charge is 2.10. The number of hydrogen-bond donors (Lipinski definition) is 2. The van der Waals surface area contributed by atoms with Crippen LogP contribution in [0.4, 0.5) is 5.69 Å². The lowest BCUT2D eigenvalue weighted by Gasteiger charge is -2.27. The van der Waals surface area contributed by atoms with E-state index in [1.54, 1.807) is 6.20 Å². The molecule has 20 heavy (non-hydrogen) atoms. The summed E-state index contributed by atoms with van der Waals surface area (Å²) in [5, 5.41) is 10.8. The van der Waals surface area contributed by atoms with Gasteiger partial charge in [0, 0.05) is 45.8 Å². The molecular weight excluding hydrogens is 322 g/mol. The van der Waals surface area contributed by atoms with Gasteiger partial charge in [0.1, 0.15) is 4.47 Å². The number of aryl methyl sites for hydroxylation is 1. The zero-order valence-electron chi connectivity index (χ0n) is 11.9. The summed E-state index contributed by atoms with van der Waals surface area (Å²) in [4.78, 5) is 14.4. The van der Waals surface area contributed by atoms with E-state index >= 15 is 0 Å². The summed E-state index contributed by atoms with van der Waals surface area (Å²) in [7, 11) is 0. The molecule has 1 aliphatic heterocycles. The van der Waals surface area contributed by atoms with Gasteiger partial charge in [0.25, 0.3) is 5.56 Å². The van der Waals surface area contributed by atoms with Crippen LogP contribution >= 0.6 is 15.9 Å². The molecule has 0 aliphatic carbocycles. The Kier molecular flexibility index (Phi) is 6.00. The summed E-state index contributed by atoms with van der Waals surface area (Å²) in [6, 6.07) is 0. The van der Waals surface area contributed by atoms with Crippen LogP contribution < -0.4 is 16.2 Å². The van der Waals surface area contributed by atoms with E-state index in [4.69, 9.17) is 0 Å². The van der Waals surface area contributed by atoms with Gasteiger partial charge in [-0.1, -0.05) is 6.92 Å². The second kappa shape index (κ2) is 7.75. The Morgan fingerprint density at radius 1 is 1.40 bits per heavy atom. The van der Waals surface area contributed by atoms with Gasteiger partial charge >= 0.3 is 0 Å². The summed E-state index contributed by atoms with van der Waals surface area (Å²) >= 11 is 3.37. The van der Waals surface area contributed by atoms with Crippen molar-refractivity contribution in [1.29, 1.82) is 0 Å². The molecule has 1 aromatic rings. The smallest absolute Gasteiger partial charge is 0.283 e. The normalized spacial score (nSPS) is 16.3. The van der Waals surface area contributed by atoms with Crippen molar-refractivity contribution < 1.29 is 0 Å². The molecule has 0 amide bonds. The highest BCUT2D eigenvalue weighted by atomic mass is 79.9. The number of rotatable bonds is 6. The molecule has 2 N–H and O–H groups in total. The molecule has 0 atom stereocenters. The fraction of sp³-hybridized carbons (Fsp3) is 0.692. The predicted molar refractivity (Wildman–Crippen MR) is 84.3 cm³/mol. The van der Waals surface area contributed by atoms with Gasteiger partial charge in [-0.3, -0.25) is 9.69 Å². The van der Waals surface area contributed by atoms with E-state index in [0.717, 1.165) is 51.4 Å². The lowest BCUT2D eigenvalue weighted by Crippen LogP contribution is -2.45. The first kappa shape index (κ1) is 15.5. The number of piperazine rings is 1. The van der Waals surface area contributed by atoms with Crippen molar-refractivity contribution in [3.05, 3.63) is 21.0 Å². The molecule has 0 unspecified atom stereocenters. The van der Waals surface area contributed by atoms with Gasteiger partial charge in [-0.15, -0.1) is 0 Å². The molecule has 7 heteroatoms. The Labute approximate surface area is 127 Å². The van der Waals surface area contributed by atoms with Gasteiger partial charge in [0.15, 0.2) is 0 Å². The lowest BCUT2D eigenvalue weighted by molar-refractivity contribution is 0.249. The number of nitrogens with one attached hydrogen (secondary N) is 2. The van der Waals surface area contributed by atoms with E-state index in [9.17, 15) is 4.79 Å². The molecule has 1 aliphatic rings. The van der Waals surface area contributed by atoms with Crippen LogP contribution in [0.1, 0.15) is 13.3 Å². The Morgan fingerprint density at radius 3 is 2.85 bits per heavy atom. The third-order valence-corrected chi connectivity index (χ3v) is 4.14. The van der Waals surface area contributed by atoms with Gasteiger partial charge in [-0.2, -0.15) is 5.10 Å². The van der Waals surface area contributed by atoms with E-state index < -0.39 is 0 Å². The molecule has 2 rings (SSSR count). The minimum absolute atomic E-state index is 0.0703. The maximum absolute atomic E-state index is 12.0. The number of nitrogens with zero attached hydrogens (tertiary/aromatic N) is 3. The van der Waals surface area contributed by atoms with Gasteiger partial charge in [0.2, 0.25) is 0 Å². The lowest BCUT2D eigenvalue weighted by atomic mass is 10.3. The molecule has 1 fully saturated rings. The van der Waals surface area contributed by atoms with Crippen LogP contribution in [0, 0.1) is 0 Å². The average molecular weight is 344 g/mol. The molecule has 0 bridgehead atoms. The highest BCUT2D eigenvalue weighted by Crippen LogP contribution is 2.15. The number of hydrogen-bond acceptors (Lipinski definition) is 5. The summed E-state index contributed by atoms with van der Waals surface area (Å²) in [6.45, 7) is 8.75. The van der Waals surface area contributed by atoms with Crippen LogP contribution in [-0.2, 0) is 6.54 Å². The van der Waals surface area contributed by atoms with Gasteiger partial charge < -0.3 is 10.6 Å². The Morgan fingerprint density at radius 2 is 2.15 bits per heavy atom. The van der Waals surface area contributed by atoms with E-state index in [-0.39, 0.29) is 5.56 Å². The number of aromatic nitrogens is 2. The minimum Gasteiger partial charge on any atom is -0.381 e. The highest BCUT2D eigenvalue weighted by molar-refractivity contribution is 9.10. The molecule has 0 spiro atoms. The van der Waals surface area contributed by atoms with Gasteiger partial charge in [-0.25, -0.2) is 4.68 Å². The molecule has 1 aromatic heterocycles. The molecule has 0 aromatic carbocycles. The summed E-state index contributed by atoms with van der Waals surface area (Å²) in [5.41, 5.74) is 0.705. The molecule has 112 valence electrons. The third kappa shape index (κ3) is 4.04. The second-order valence-corrected chi connectivity index (χ2v) is 5.71. The first-order valence-corrected chi connectivity index (χ1v) is 7.94. The van der Waals surface area contributed by atoms with Crippen LogP contribution in [0.5, 0.6) is 0 Å². The topological polar surface area (TPSA) is 62.2 Å². The first-order valence-electron chi connectivity index (χ1n) is 7.15. The average Bonchev–Trinajstić information content (AvgIpc) is 2.48. The van der Waals surface area contributed by atoms with E-state index in [1.807, 2.05) is 6.92 Å². The maximum Gasteiger partial charge on any atom is 0.283 e.